The molecule has 0 aromatic rings. The van der Waals surface area contributed by atoms with E-state index in [9.17, 15) is 4.79 Å². The number of carbonyl (C=O) groups excluding carboxylic acids is 1. The highest BCUT2D eigenvalue weighted by atomic mass is 16.5. The molecule has 2 saturated carbocycles. The molecule has 0 heterocycles. The summed E-state index contributed by atoms with van der Waals surface area (Å²) in [7, 11) is 0. The molecule has 0 saturated heterocycles. The third kappa shape index (κ3) is 1.20. The smallest absolute Gasteiger partial charge is 0.302 e. The van der Waals surface area contributed by atoms with Gasteiger partial charge in [-0.2, -0.15) is 0 Å². The van der Waals surface area contributed by atoms with E-state index in [2.05, 4.69) is 12.2 Å². The number of hydrogen-bond acceptors (Lipinski definition) is 2. The van der Waals surface area contributed by atoms with Crippen molar-refractivity contribution in [3.63, 3.8) is 0 Å². The maximum absolute atomic E-state index is 11.1. The largest absolute Gasteiger partial charge is 0.462 e. The summed E-state index contributed by atoms with van der Waals surface area (Å²) in [5.74, 6) is 1.52. The van der Waals surface area contributed by atoms with Gasteiger partial charge in [0.15, 0.2) is 0 Å². The maximum atomic E-state index is 11.1. The molecule has 2 heteroatoms. The van der Waals surface area contributed by atoms with E-state index < -0.39 is 0 Å². The molecule has 0 radical (unpaired) electrons. The highest BCUT2D eigenvalue weighted by molar-refractivity contribution is 5.66. The van der Waals surface area contributed by atoms with Crippen molar-refractivity contribution in [2.45, 2.75) is 45.1 Å². The van der Waals surface area contributed by atoms with Crippen molar-refractivity contribution in [3.05, 3.63) is 12.2 Å². The molecule has 2 bridgehead atoms. The van der Waals surface area contributed by atoms with Crippen LogP contribution in [-0.2, 0) is 9.53 Å². The predicted molar refractivity (Wildman–Crippen MR) is 57.2 cm³/mol. The Morgan fingerprint density at radius 1 is 1.47 bits per heavy atom. The number of allylic oxidation sites excluding steroid dienone is 2. The predicted octanol–water partition coefficient (Wildman–Crippen LogP) is 2.68. The first kappa shape index (κ1) is 9.44. The summed E-state index contributed by atoms with van der Waals surface area (Å²) in [4.78, 5) is 11.1. The summed E-state index contributed by atoms with van der Waals surface area (Å²) in [6.07, 6.45) is 10.9. The van der Waals surface area contributed by atoms with Gasteiger partial charge >= 0.3 is 5.97 Å². The first-order valence-electron chi connectivity index (χ1n) is 6.04. The highest BCUT2D eigenvalue weighted by Crippen LogP contribution is 2.63. The molecule has 3 rings (SSSR count). The van der Waals surface area contributed by atoms with Crippen LogP contribution in [0.1, 0.15) is 39.0 Å². The van der Waals surface area contributed by atoms with Gasteiger partial charge in [0, 0.05) is 12.3 Å². The van der Waals surface area contributed by atoms with Crippen LogP contribution in [0.4, 0.5) is 0 Å². The fraction of sp³-hybridized carbons (Fsp3) is 0.769. The van der Waals surface area contributed by atoms with E-state index in [0.717, 1.165) is 24.7 Å². The average molecular weight is 206 g/mol. The van der Waals surface area contributed by atoms with Crippen LogP contribution in [0.3, 0.4) is 0 Å². The van der Waals surface area contributed by atoms with E-state index in [1.807, 2.05) is 0 Å². The molecule has 0 aromatic heterocycles. The van der Waals surface area contributed by atoms with Crippen molar-refractivity contribution in [2.24, 2.45) is 17.3 Å². The van der Waals surface area contributed by atoms with Crippen LogP contribution in [-0.4, -0.2) is 12.1 Å². The van der Waals surface area contributed by atoms with Crippen molar-refractivity contribution in [2.75, 3.05) is 0 Å². The van der Waals surface area contributed by atoms with E-state index in [-0.39, 0.29) is 12.1 Å². The minimum atomic E-state index is -0.102. The van der Waals surface area contributed by atoms with Crippen molar-refractivity contribution in [1.82, 2.24) is 0 Å². The van der Waals surface area contributed by atoms with Crippen LogP contribution in [0.15, 0.2) is 12.2 Å². The van der Waals surface area contributed by atoms with Crippen LogP contribution < -0.4 is 0 Å². The van der Waals surface area contributed by atoms with Gasteiger partial charge in [0.05, 0.1) is 0 Å². The minimum Gasteiger partial charge on any atom is -0.462 e. The Bertz CT molecular complexity index is 320. The number of hydrogen-bond donors (Lipinski definition) is 0. The summed E-state index contributed by atoms with van der Waals surface area (Å²) in [6, 6.07) is 0. The Labute approximate surface area is 90.7 Å². The maximum Gasteiger partial charge on any atom is 0.302 e. The van der Waals surface area contributed by atoms with Crippen molar-refractivity contribution in [3.8, 4) is 0 Å². The van der Waals surface area contributed by atoms with Gasteiger partial charge in [-0.25, -0.2) is 0 Å². The fourth-order valence-electron chi connectivity index (χ4n) is 4.23. The molecule has 0 N–H and O–H groups in total. The van der Waals surface area contributed by atoms with Gasteiger partial charge in [-0.3, -0.25) is 4.79 Å². The Morgan fingerprint density at radius 2 is 2.33 bits per heavy atom. The zero-order valence-corrected chi connectivity index (χ0v) is 9.24. The SMILES string of the molecule is CC(=O)OC1CC2CCC13CC=CCC23. The number of ether oxygens (including phenoxy) is 1. The van der Waals surface area contributed by atoms with Crippen LogP contribution in [0.5, 0.6) is 0 Å². The second-order valence-corrected chi connectivity index (χ2v) is 5.38. The van der Waals surface area contributed by atoms with Gasteiger partial charge in [0.1, 0.15) is 6.10 Å². The normalized spacial score (nSPS) is 46.6. The van der Waals surface area contributed by atoms with E-state index in [1.54, 1.807) is 0 Å². The second-order valence-electron chi connectivity index (χ2n) is 5.38. The monoisotopic (exact) mass is 206 g/mol. The van der Waals surface area contributed by atoms with Gasteiger partial charge in [0.2, 0.25) is 0 Å². The molecule has 0 amide bonds. The zero-order valence-electron chi connectivity index (χ0n) is 9.24. The molecular weight excluding hydrogens is 188 g/mol. The molecule has 3 aliphatic carbocycles. The fourth-order valence-corrected chi connectivity index (χ4v) is 4.23. The van der Waals surface area contributed by atoms with Crippen molar-refractivity contribution >= 4 is 5.97 Å². The molecule has 15 heavy (non-hydrogen) atoms. The number of rotatable bonds is 1. The zero-order chi connectivity index (χ0) is 10.5. The quantitative estimate of drug-likeness (QED) is 0.487. The molecule has 3 aliphatic rings. The van der Waals surface area contributed by atoms with Gasteiger partial charge in [-0.1, -0.05) is 12.2 Å². The van der Waals surface area contributed by atoms with E-state index >= 15 is 0 Å². The van der Waals surface area contributed by atoms with Gasteiger partial charge < -0.3 is 4.74 Å². The molecule has 4 atom stereocenters. The Morgan fingerprint density at radius 3 is 3.13 bits per heavy atom. The third-order valence-corrected chi connectivity index (χ3v) is 4.81. The van der Waals surface area contributed by atoms with E-state index in [4.69, 9.17) is 4.74 Å². The summed E-state index contributed by atoms with van der Waals surface area (Å²) in [6.45, 7) is 1.54. The summed E-state index contributed by atoms with van der Waals surface area (Å²) < 4.78 is 5.53. The molecule has 0 aliphatic heterocycles. The lowest BCUT2D eigenvalue weighted by atomic mass is 9.70. The minimum absolute atomic E-state index is 0.102. The van der Waals surface area contributed by atoms with Gasteiger partial charge in [-0.15, -0.1) is 0 Å². The van der Waals surface area contributed by atoms with Crippen molar-refractivity contribution < 1.29 is 9.53 Å². The van der Waals surface area contributed by atoms with Crippen LogP contribution in [0, 0.1) is 17.3 Å². The van der Waals surface area contributed by atoms with Crippen LogP contribution in [0.25, 0.3) is 0 Å². The van der Waals surface area contributed by atoms with Crippen LogP contribution >= 0.6 is 0 Å². The topological polar surface area (TPSA) is 26.3 Å². The highest BCUT2D eigenvalue weighted by Gasteiger charge is 2.60. The standard InChI is InChI=1S/C13H18O2/c1-9(14)15-12-8-10-5-7-13(12)6-3-2-4-11(10)13/h2-3,10-12H,4-8H2,1H3. The Balaban J connectivity index is 1.88. The molecule has 2 nitrogen and oxygen atoms in total. The summed E-state index contributed by atoms with van der Waals surface area (Å²) >= 11 is 0. The summed E-state index contributed by atoms with van der Waals surface area (Å²) in [5, 5.41) is 0. The molecule has 4 unspecified atom stereocenters. The lowest BCUT2D eigenvalue weighted by Crippen LogP contribution is -2.37. The first-order chi connectivity index (χ1) is 7.22. The van der Waals surface area contributed by atoms with Gasteiger partial charge in [0.25, 0.3) is 0 Å². The average Bonchev–Trinajstić information content (AvgIpc) is 2.70. The van der Waals surface area contributed by atoms with E-state index in [1.165, 1.54) is 26.2 Å². The lowest BCUT2D eigenvalue weighted by Gasteiger charge is -2.38. The van der Waals surface area contributed by atoms with Gasteiger partial charge in [-0.05, 0) is 43.9 Å². The third-order valence-electron chi connectivity index (χ3n) is 4.81. The Kier molecular flexibility index (Phi) is 1.95. The molecular formula is C13H18O2. The number of carbonyl (C=O) groups is 1. The van der Waals surface area contributed by atoms with E-state index in [0.29, 0.717) is 5.41 Å². The molecule has 0 aromatic carbocycles. The van der Waals surface area contributed by atoms with Crippen LogP contribution in [0.2, 0.25) is 0 Å². The molecule has 2 fully saturated rings. The lowest BCUT2D eigenvalue weighted by molar-refractivity contribution is -0.153. The first-order valence-corrected chi connectivity index (χ1v) is 6.04. The second kappa shape index (κ2) is 3.10. The number of esters is 1. The Hall–Kier alpha value is -0.790. The molecule has 0 spiro atoms. The summed E-state index contributed by atoms with van der Waals surface area (Å²) in [5.41, 5.74) is 0.324. The molecule has 82 valence electrons. The van der Waals surface area contributed by atoms with Crippen molar-refractivity contribution in [1.29, 1.82) is 0 Å².